The van der Waals surface area contributed by atoms with Crippen LogP contribution in [0.4, 0.5) is 0 Å². The molecule has 0 N–H and O–H groups in total. The molecule has 0 radical (unpaired) electrons. The van der Waals surface area contributed by atoms with Crippen LogP contribution in [0.1, 0.15) is 59.8 Å². The highest BCUT2D eigenvalue weighted by Gasteiger charge is 2.07. The first kappa shape index (κ1) is 14.5. The molecule has 0 amide bonds. The van der Waals surface area contributed by atoms with E-state index < -0.39 is 0 Å². The normalized spacial score (nSPS) is 12.9. The van der Waals surface area contributed by atoms with Crippen molar-refractivity contribution >= 4 is 5.97 Å². The van der Waals surface area contributed by atoms with E-state index in [0.29, 0.717) is 18.9 Å². The molecule has 2 heteroatoms. The lowest BCUT2D eigenvalue weighted by atomic mass is 9.96. The van der Waals surface area contributed by atoms with Gasteiger partial charge in [-0.2, -0.15) is 0 Å². The Balaban J connectivity index is 3.40. The molecule has 1 unspecified atom stereocenters. The zero-order valence-corrected chi connectivity index (χ0v) is 10.7. The summed E-state index contributed by atoms with van der Waals surface area (Å²) in [7, 11) is 0. The third kappa shape index (κ3) is 9.77. The number of carbonyl (C=O) groups is 1. The van der Waals surface area contributed by atoms with E-state index in [1.807, 2.05) is 6.92 Å². The molecule has 0 bridgehead atoms. The third-order valence-corrected chi connectivity index (χ3v) is 2.62. The highest BCUT2D eigenvalue weighted by molar-refractivity contribution is 5.69. The van der Waals surface area contributed by atoms with Crippen molar-refractivity contribution in [3.63, 3.8) is 0 Å². The molecule has 0 aliphatic heterocycles. The number of rotatable bonds is 8. The van der Waals surface area contributed by atoms with Gasteiger partial charge < -0.3 is 4.74 Å². The number of carbonyl (C=O) groups excluding carboxylic acids is 1. The molecule has 15 heavy (non-hydrogen) atoms. The first-order valence-corrected chi connectivity index (χ1v) is 6.21. The highest BCUT2D eigenvalue weighted by Crippen LogP contribution is 2.16. The van der Waals surface area contributed by atoms with Crippen molar-refractivity contribution < 1.29 is 9.53 Å². The smallest absolute Gasteiger partial charge is 0.305 e. The second-order valence-corrected chi connectivity index (χ2v) is 4.77. The van der Waals surface area contributed by atoms with Gasteiger partial charge in [0.2, 0.25) is 0 Å². The Bertz CT molecular complexity index is 164. The first-order chi connectivity index (χ1) is 7.06. The molecule has 0 rings (SSSR count). The fourth-order valence-electron chi connectivity index (χ4n) is 1.62. The summed E-state index contributed by atoms with van der Waals surface area (Å²) in [6, 6.07) is 0. The van der Waals surface area contributed by atoms with Crippen LogP contribution in [0.15, 0.2) is 0 Å². The Hall–Kier alpha value is -0.530. The topological polar surface area (TPSA) is 26.3 Å². The van der Waals surface area contributed by atoms with Crippen LogP contribution in [0.2, 0.25) is 0 Å². The van der Waals surface area contributed by atoms with E-state index in [-0.39, 0.29) is 5.97 Å². The quantitative estimate of drug-likeness (QED) is 0.575. The Morgan fingerprint density at radius 2 is 1.80 bits per heavy atom. The molecule has 0 aromatic carbocycles. The molecular weight excluding hydrogens is 188 g/mol. The Labute approximate surface area is 94.4 Å². The number of esters is 1. The van der Waals surface area contributed by atoms with Crippen molar-refractivity contribution in [1.29, 1.82) is 0 Å². The minimum absolute atomic E-state index is 0.0480. The molecule has 0 saturated heterocycles. The maximum atomic E-state index is 11.1. The Morgan fingerprint density at radius 3 is 2.33 bits per heavy atom. The van der Waals surface area contributed by atoms with Crippen LogP contribution in [-0.4, -0.2) is 12.6 Å². The SMILES string of the molecule is CCOC(=O)CCC(C)CCCC(C)C. The number of hydrogen-bond acceptors (Lipinski definition) is 2. The van der Waals surface area contributed by atoms with Gasteiger partial charge in [0.25, 0.3) is 0 Å². The Kier molecular flexibility index (Phi) is 8.44. The van der Waals surface area contributed by atoms with Crippen LogP contribution >= 0.6 is 0 Å². The predicted molar refractivity (Wildman–Crippen MR) is 63.7 cm³/mol. The fraction of sp³-hybridized carbons (Fsp3) is 0.923. The summed E-state index contributed by atoms with van der Waals surface area (Å²) in [5.74, 6) is 1.39. The lowest BCUT2D eigenvalue weighted by Crippen LogP contribution is -2.06. The maximum Gasteiger partial charge on any atom is 0.305 e. The second-order valence-electron chi connectivity index (χ2n) is 4.77. The summed E-state index contributed by atoms with van der Waals surface area (Å²) in [6.45, 7) is 9.08. The van der Waals surface area contributed by atoms with Gasteiger partial charge in [0.1, 0.15) is 0 Å². The van der Waals surface area contributed by atoms with Gasteiger partial charge in [-0.05, 0) is 25.2 Å². The minimum atomic E-state index is -0.0480. The molecular formula is C13H26O2. The van der Waals surface area contributed by atoms with Crippen LogP contribution in [-0.2, 0) is 9.53 Å². The van der Waals surface area contributed by atoms with E-state index in [1.165, 1.54) is 19.3 Å². The molecule has 90 valence electrons. The van der Waals surface area contributed by atoms with Gasteiger partial charge in [-0.25, -0.2) is 0 Å². The first-order valence-electron chi connectivity index (χ1n) is 6.21. The van der Waals surface area contributed by atoms with Gasteiger partial charge in [0.05, 0.1) is 6.61 Å². The van der Waals surface area contributed by atoms with Crippen LogP contribution in [0.5, 0.6) is 0 Å². The third-order valence-electron chi connectivity index (χ3n) is 2.62. The van der Waals surface area contributed by atoms with Crippen LogP contribution in [0.25, 0.3) is 0 Å². The average Bonchev–Trinajstić information content (AvgIpc) is 2.14. The summed E-state index contributed by atoms with van der Waals surface area (Å²) in [5, 5.41) is 0. The summed E-state index contributed by atoms with van der Waals surface area (Å²) in [4.78, 5) is 11.1. The lowest BCUT2D eigenvalue weighted by Gasteiger charge is -2.11. The zero-order valence-electron chi connectivity index (χ0n) is 10.7. The van der Waals surface area contributed by atoms with Crippen molar-refractivity contribution in [3.05, 3.63) is 0 Å². The van der Waals surface area contributed by atoms with Gasteiger partial charge in [-0.15, -0.1) is 0 Å². The van der Waals surface area contributed by atoms with Crippen molar-refractivity contribution in [1.82, 2.24) is 0 Å². The lowest BCUT2D eigenvalue weighted by molar-refractivity contribution is -0.143. The molecule has 0 spiro atoms. The van der Waals surface area contributed by atoms with Crippen molar-refractivity contribution in [3.8, 4) is 0 Å². The maximum absolute atomic E-state index is 11.1. The van der Waals surface area contributed by atoms with E-state index in [0.717, 1.165) is 12.3 Å². The van der Waals surface area contributed by atoms with E-state index in [2.05, 4.69) is 20.8 Å². The van der Waals surface area contributed by atoms with Gasteiger partial charge in [-0.1, -0.05) is 40.0 Å². The summed E-state index contributed by atoms with van der Waals surface area (Å²) in [5.41, 5.74) is 0. The standard InChI is InChI=1S/C13H26O2/c1-5-15-13(14)10-9-12(4)8-6-7-11(2)3/h11-12H,5-10H2,1-4H3. The molecule has 0 aromatic rings. The largest absolute Gasteiger partial charge is 0.466 e. The summed E-state index contributed by atoms with van der Waals surface area (Å²) >= 11 is 0. The van der Waals surface area contributed by atoms with Crippen LogP contribution < -0.4 is 0 Å². The molecule has 0 aromatic heterocycles. The van der Waals surface area contributed by atoms with Gasteiger partial charge in [-0.3, -0.25) is 4.79 Å². The molecule has 1 atom stereocenters. The van der Waals surface area contributed by atoms with E-state index in [1.54, 1.807) is 0 Å². The van der Waals surface area contributed by atoms with Crippen molar-refractivity contribution in [2.45, 2.75) is 59.8 Å². The monoisotopic (exact) mass is 214 g/mol. The number of hydrogen-bond donors (Lipinski definition) is 0. The predicted octanol–water partition coefficient (Wildman–Crippen LogP) is 3.79. The van der Waals surface area contributed by atoms with Gasteiger partial charge in [0, 0.05) is 6.42 Å². The molecule has 0 heterocycles. The summed E-state index contributed by atoms with van der Waals surface area (Å²) in [6.07, 6.45) is 5.36. The van der Waals surface area contributed by atoms with E-state index in [4.69, 9.17) is 4.74 Å². The Morgan fingerprint density at radius 1 is 1.13 bits per heavy atom. The zero-order chi connectivity index (χ0) is 11.7. The molecule has 0 aliphatic rings. The highest BCUT2D eigenvalue weighted by atomic mass is 16.5. The molecule has 2 nitrogen and oxygen atoms in total. The van der Waals surface area contributed by atoms with E-state index in [9.17, 15) is 4.79 Å². The second kappa shape index (κ2) is 8.75. The average molecular weight is 214 g/mol. The molecule has 0 aliphatic carbocycles. The minimum Gasteiger partial charge on any atom is -0.466 e. The van der Waals surface area contributed by atoms with Crippen LogP contribution in [0, 0.1) is 11.8 Å². The van der Waals surface area contributed by atoms with Gasteiger partial charge in [0.15, 0.2) is 0 Å². The summed E-state index contributed by atoms with van der Waals surface area (Å²) < 4.78 is 4.90. The van der Waals surface area contributed by atoms with Crippen molar-refractivity contribution in [2.75, 3.05) is 6.61 Å². The molecule has 0 fully saturated rings. The molecule has 0 saturated carbocycles. The van der Waals surface area contributed by atoms with Crippen LogP contribution in [0.3, 0.4) is 0 Å². The van der Waals surface area contributed by atoms with Crippen molar-refractivity contribution in [2.24, 2.45) is 11.8 Å². The van der Waals surface area contributed by atoms with Gasteiger partial charge >= 0.3 is 5.97 Å². The fourth-order valence-corrected chi connectivity index (χ4v) is 1.62. The number of ether oxygens (including phenoxy) is 1. The van der Waals surface area contributed by atoms with E-state index >= 15 is 0 Å².